The van der Waals surface area contributed by atoms with Gasteiger partial charge in [0.15, 0.2) is 0 Å². The van der Waals surface area contributed by atoms with E-state index in [0.717, 1.165) is 36.6 Å². The van der Waals surface area contributed by atoms with Crippen LogP contribution in [-0.4, -0.2) is 30.6 Å². The lowest BCUT2D eigenvalue weighted by Gasteiger charge is -2.13. The van der Waals surface area contributed by atoms with E-state index in [1.807, 2.05) is 38.4 Å². The molecule has 0 radical (unpaired) electrons. The minimum atomic E-state index is 0.593. The Morgan fingerprint density at radius 3 is 2.42 bits per heavy atom. The van der Waals surface area contributed by atoms with Crippen LogP contribution in [0, 0.1) is 0 Å². The predicted octanol–water partition coefficient (Wildman–Crippen LogP) is 4.33. The van der Waals surface area contributed by atoms with Crippen molar-refractivity contribution in [2.24, 2.45) is 0 Å². The van der Waals surface area contributed by atoms with Crippen molar-refractivity contribution in [2.75, 3.05) is 36.2 Å². The molecule has 0 saturated carbocycles. The van der Waals surface area contributed by atoms with E-state index >= 15 is 0 Å². The highest BCUT2D eigenvalue weighted by molar-refractivity contribution is 5.59. The Morgan fingerprint density at radius 2 is 1.69 bits per heavy atom. The standard InChI is InChI=1S/C21H25N5/c1-26(2)19-12-10-18(11-13-19)24-21-23-16-14-20(25-21)22-15-6-9-17-7-4-3-5-8-17/h3-5,7-8,10-14,16H,6,9,15H2,1-2H3,(H2,22,23,24,25). The number of anilines is 4. The number of nitrogens with one attached hydrogen (secondary N) is 2. The van der Waals surface area contributed by atoms with Gasteiger partial charge in [0.25, 0.3) is 0 Å². The van der Waals surface area contributed by atoms with Gasteiger partial charge in [-0.1, -0.05) is 30.3 Å². The van der Waals surface area contributed by atoms with Crippen molar-refractivity contribution in [1.82, 2.24) is 9.97 Å². The summed E-state index contributed by atoms with van der Waals surface area (Å²) in [5.74, 6) is 1.43. The number of rotatable bonds is 8. The molecule has 0 fully saturated rings. The molecule has 0 amide bonds. The zero-order chi connectivity index (χ0) is 18.2. The Labute approximate surface area is 155 Å². The fourth-order valence-electron chi connectivity index (χ4n) is 2.64. The van der Waals surface area contributed by atoms with Gasteiger partial charge < -0.3 is 15.5 Å². The molecule has 0 spiro atoms. The maximum absolute atomic E-state index is 4.53. The SMILES string of the molecule is CN(C)c1ccc(Nc2nccc(NCCCc3ccccc3)n2)cc1. The molecule has 2 N–H and O–H groups in total. The molecule has 1 heterocycles. The van der Waals surface area contributed by atoms with Gasteiger partial charge in [0.05, 0.1) is 0 Å². The topological polar surface area (TPSA) is 53.1 Å². The fourth-order valence-corrected chi connectivity index (χ4v) is 2.64. The molecule has 2 aromatic carbocycles. The van der Waals surface area contributed by atoms with Gasteiger partial charge in [-0.15, -0.1) is 0 Å². The zero-order valence-electron chi connectivity index (χ0n) is 15.3. The van der Waals surface area contributed by atoms with E-state index in [2.05, 4.69) is 61.9 Å². The van der Waals surface area contributed by atoms with Crippen LogP contribution in [0.3, 0.4) is 0 Å². The molecule has 134 valence electrons. The summed E-state index contributed by atoms with van der Waals surface area (Å²) in [5, 5.41) is 6.61. The summed E-state index contributed by atoms with van der Waals surface area (Å²) < 4.78 is 0. The first-order valence-corrected chi connectivity index (χ1v) is 8.86. The molecule has 0 saturated heterocycles. The summed E-state index contributed by atoms with van der Waals surface area (Å²) in [6.07, 6.45) is 3.88. The minimum absolute atomic E-state index is 0.593. The summed E-state index contributed by atoms with van der Waals surface area (Å²) in [4.78, 5) is 10.9. The van der Waals surface area contributed by atoms with Gasteiger partial charge >= 0.3 is 0 Å². The van der Waals surface area contributed by atoms with Crippen LogP contribution in [-0.2, 0) is 6.42 Å². The Hall–Kier alpha value is -3.08. The molecule has 0 aliphatic rings. The van der Waals surface area contributed by atoms with Crippen molar-refractivity contribution in [2.45, 2.75) is 12.8 Å². The molecule has 0 aliphatic carbocycles. The lowest BCUT2D eigenvalue weighted by Crippen LogP contribution is -2.08. The number of aromatic nitrogens is 2. The lowest BCUT2D eigenvalue weighted by molar-refractivity contribution is 0.858. The molecule has 26 heavy (non-hydrogen) atoms. The number of benzene rings is 2. The van der Waals surface area contributed by atoms with E-state index in [0.29, 0.717) is 5.95 Å². The normalized spacial score (nSPS) is 10.4. The van der Waals surface area contributed by atoms with Crippen LogP contribution in [0.4, 0.5) is 23.1 Å². The second-order valence-electron chi connectivity index (χ2n) is 6.35. The molecule has 0 atom stereocenters. The van der Waals surface area contributed by atoms with E-state index in [-0.39, 0.29) is 0 Å². The fraction of sp³-hybridized carbons (Fsp3) is 0.238. The van der Waals surface area contributed by atoms with Crippen LogP contribution >= 0.6 is 0 Å². The Morgan fingerprint density at radius 1 is 0.923 bits per heavy atom. The maximum atomic E-state index is 4.53. The Kier molecular flexibility index (Phi) is 6.04. The molecule has 0 aliphatic heterocycles. The van der Waals surface area contributed by atoms with Crippen LogP contribution in [0.25, 0.3) is 0 Å². The number of hydrogen-bond donors (Lipinski definition) is 2. The van der Waals surface area contributed by atoms with Gasteiger partial charge in [0.2, 0.25) is 5.95 Å². The van der Waals surface area contributed by atoms with Gasteiger partial charge in [0.1, 0.15) is 5.82 Å². The van der Waals surface area contributed by atoms with Crippen LogP contribution in [0.1, 0.15) is 12.0 Å². The maximum Gasteiger partial charge on any atom is 0.229 e. The first kappa shape index (κ1) is 17.7. The number of hydrogen-bond acceptors (Lipinski definition) is 5. The van der Waals surface area contributed by atoms with Crippen LogP contribution < -0.4 is 15.5 Å². The van der Waals surface area contributed by atoms with Gasteiger partial charge in [-0.2, -0.15) is 4.98 Å². The van der Waals surface area contributed by atoms with E-state index in [9.17, 15) is 0 Å². The van der Waals surface area contributed by atoms with Crippen LogP contribution in [0.15, 0.2) is 66.9 Å². The third-order valence-electron chi connectivity index (χ3n) is 4.09. The quantitative estimate of drug-likeness (QED) is 0.594. The highest BCUT2D eigenvalue weighted by atomic mass is 15.1. The van der Waals surface area contributed by atoms with Crippen molar-refractivity contribution in [3.8, 4) is 0 Å². The Bertz CT molecular complexity index is 800. The molecular weight excluding hydrogens is 322 g/mol. The summed E-state index contributed by atoms with van der Waals surface area (Å²) >= 11 is 0. The van der Waals surface area contributed by atoms with E-state index in [1.54, 1.807) is 6.20 Å². The monoisotopic (exact) mass is 347 g/mol. The summed E-state index contributed by atoms with van der Waals surface area (Å²) in [5.41, 5.74) is 3.49. The van der Waals surface area contributed by atoms with Crippen molar-refractivity contribution in [1.29, 1.82) is 0 Å². The molecule has 0 bridgehead atoms. The smallest absolute Gasteiger partial charge is 0.229 e. The highest BCUT2D eigenvalue weighted by Crippen LogP contribution is 2.18. The highest BCUT2D eigenvalue weighted by Gasteiger charge is 2.01. The molecule has 0 unspecified atom stereocenters. The van der Waals surface area contributed by atoms with Crippen LogP contribution in [0.5, 0.6) is 0 Å². The largest absolute Gasteiger partial charge is 0.378 e. The minimum Gasteiger partial charge on any atom is -0.378 e. The van der Waals surface area contributed by atoms with E-state index < -0.39 is 0 Å². The third kappa shape index (κ3) is 5.21. The Balaban J connectivity index is 1.51. The molecular formula is C21H25N5. The summed E-state index contributed by atoms with van der Waals surface area (Å²) in [6.45, 7) is 0.878. The predicted molar refractivity (Wildman–Crippen MR) is 109 cm³/mol. The molecule has 5 nitrogen and oxygen atoms in total. The van der Waals surface area contributed by atoms with E-state index in [1.165, 1.54) is 5.56 Å². The molecule has 5 heteroatoms. The average Bonchev–Trinajstić information content (AvgIpc) is 2.67. The molecule has 3 aromatic rings. The molecule has 3 rings (SSSR count). The number of nitrogens with zero attached hydrogens (tertiary/aromatic N) is 3. The average molecular weight is 347 g/mol. The summed E-state index contributed by atoms with van der Waals surface area (Å²) in [7, 11) is 4.05. The van der Waals surface area contributed by atoms with Crippen molar-refractivity contribution in [3.63, 3.8) is 0 Å². The van der Waals surface area contributed by atoms with Crippen molar-refractivity contribution < 1.29 is 0 Å². The van der Waals surface area contributed by atoms with Gasteiger partial charge in [-0.3, -0.25) is 0 Å². The van der Waals surface area contributed by atoms with Gasteiger partial charge in [-0.05, 0) is 48.7 Å². The van der Waals surface area contributed by atoms with Crippen molar-refractivity contribution in [3.05, 3.63) is 72.4 Å². The third-order valence-corrected chi connectivity index (χ3v) is 4.09. The molecule has 1 aromatic heterocycles. The second kappa shape index (κ2) is 8.85. The first-order chi connectivity index (χ1) is 12.7. The first-order valence-electron chi connectivity index (χ1n) is 8.86. The summed E-state index contributed by atoms with van der Waals surface area (Å²) in [6, 6.07) is 20.6. The van der Waals surface area contributed by atoms with Gasteiger partial charge in [-0.25, -0.2) is 4.98 Å². The van der Waals surface area contributed by atoms with Crippen molar-refractivity contribution >= 4 is 23.1 Å². The number of aryl methyl sites for hydroxylation is 1. The van der Waals surface area contributed by atoms with Crippen LogP contribution in [0.2, 0.25) is 0 Å². The lowest BCUT2D eigenvalue weighted by atomic mass is 10.1. The van der Waals surface area contributed by atoms with E-state index in [4.69, 9.17) is 0 Å². The zero-order valence-corrected chi connectivity index (χ0v) is 15.3. The van der Waals surface area contributed by atoms with Gasteiger partial charge in [0, 0.05) is 38.2 Å². The second-order valence-corrected chi connectivity index (χ2v) is 6.35.